The van der Waals surface area contributed by atoms with Crippen LogP contribution in [0.3, 0.4) is 0 Å². The van der Waals surface area contributed by atoms with E-state index in [4.69, 9.17) is 28.3 Å². The summed E-state index contributed by atoms with van der Waals surface area (Å²) < 4.78 is 0. The number of hydrogen-bond donors (Lipinski definition) is 1. The van der Waals surface area contributed by atoms with Crippen LogP contribution >= 0.6 is 23.2 Å². The van der Waals surface area contributed by atoms with Gasteiger partial charge in [0.05, 0.1) is 0 Å². The molecule has 0 spiro atoms. The molecule has 1 aliphatic rings. The van der Waals surface area contributed by atoms with Crippen molar-refractivity contribution in [1.82, 2.24) is 4.90 Å². The molecule has 0 radical (unpaired) electrons. The van der Waals surface area contributed by atoms with Gasteiger partial charge in [-0.25, -0.2) is 0 Å². The number of carboxylic acid groups (broad SMARTS) is 1. The molecule has 0 amide bonds. The average molecular weight is 302 g/mol. The zero-order valence-electron chi connectivity index (χ0n) is 10.6. The van der Waals surface area contributed by atoms with Gasteiger partial charge in [0, 0.05) is 23.0 Å². The van der Waals surface area contributed by atoms with Crippen molar-refractivity contribution < 1.29 is 9.90 Å². The fraction of sp³-hybridized carbons (Fsp3) is 0.500. The Morgan fingerprint density at radius 1 is 1.32 bits per heavy atom. The summed E-state index contributed by atoms with van der Waals surface area (Å²) in [6.45, 7) is 2.61. The third kappa shape index (κ3) is 4.37. The maximum absolute atomic E-state index is 10.7. The number of aliphatic carboxylic acids is 1. The summed E-state index contributed by atoms with van der Waals surface area (Å²) >= 11 is 12.1. The fourth-order valence-electron chi connectivity index (χ4n) is 2.50. The lowest BCUT2D eigenvalue weighted by molar-refractivity contribution is -0.138. The number of likely N-dealkylation sites (tertiary alicyclic amines) is 1. The number of carboxylic acids is 1. The van der Waals surface area contributed by atoms with Gasteiger partial charge in [0.25, 0.3) is 0 Å². The summed E-state index contributed by atoms with van der Waals surface area (Å²) in [5.74, 6) is -0.389. The van der Waals surface area contributed by atoms with Crippen molar-refractivity contribution in [3.8, 4) is 0 Å². The number of rotatable bonds is 4. The molecule has 1 N–H and O–H groups in total. The van der Waals surface area contributed by atoms with Crippen LogP contribution in [-0.2, 0) is 11.3 Å². The Labute approximate surface area is 123 Å². The Bertz CT molecular complexity index is 457. The predicted octanol–water partition coefficient (Wildman–Crippen LogP) is 3.68. The zero-order chi connectivity index (χ0) is 13.8. The Morgan fingerprint density at radius 3 is 2.63 bits per heavy atom. The second-order valence-electron chi connectivity index (χ2n) is 5.05. The highest BCUT2D eigenvalue weighted by molar-refractivity contribution is 6.33. The van der Waals surface area contributed by atoms with Gasteiger partial charge in [-0.3, -0.25) is 9.69 Å². The monoisotopic (exact) mass is 301 g/mol. The normalized spacial score (nSPS) is 17.6. The minimum Gasteiger partial charge on any atom is -0.481 e. The molecule has 1 fully saturated rings. The molecule has 0 unspecified atom stereocenters. The van der Waals surface area contributed by atoms with Gasteiger partial charge in [-0.2, -0.15) is 0 Å². The van der Waals surface area contributed by atoms with Crippen LogP contribution in [-0.4, -0.2) is 29.1 Å². The summed E-state index contributed by atoms with van der Waals surface area (Å²) in [5, 5.41) is 10.2. The molecular formula is C14H17Cl2NO2. The third-order valence-corrected chi connectivity index (χ3v) is 4.18. The molecule has 19 heavy (non-hydrogen) atoms. The van der Waals surface area contributed by atoms with E-state index in [1.165, 1.54) is 0 Å². The number of hydrogen-bond acceptors (Lipinski definition) is 2. The first-order chi connectivity index (χ1) is 9.04. The van der Waals surface area contributed by atoms with Gasteiger partial charge in [0.15, 0.2) is 0 Å². The van der Waals surface area contributed by atoms with Gasteiger partial charge in [-0.15, -0.1) is 0 Å². The summed E-state index contributed by atoms with van der Waals surface area (Å²) in [5.41, 5.74) is 1.03. The highest BCUT2D eigenvalue weighted by atomic mass is 35.5. The van der Waals surface area contributed by atoms with E-state index in [0.717, 1.165) is 43.1 Å². The minimum absolute atomic E-state index is 0.283. The highest BCUT2D eigenvalue weighted by Crippen LogP contribution is 2.25. The first-order valence-corrected chi connectivity index (χ1v) is 7.18. The number of benzene rings is 1. The summed E-state index contributed by atoms with van der Waals surface area (Å²) in [4.78, 5) is 13.0. The van der Waals surface area contributed by atoms with Crippen LogP contribution in [0.4, 0.5) is 0 Å². The lowest BCUT2D eigenvalue weighted by Crippen LogP contribution is -2.34. The van der Waals surface area contributed by atoms with Crippen LogP contribution in [0, 0.1) is 5.92 Å². The van der Waals surface area contributed by atoms with Gasteiger partial charge < -0.3 is 5.11 Å². The van der Waals surface area contributed by atoms with Gasteiger partial charge >= 0.3 is 5.97 Å². The van der Waals surface area contributed by atoms with E-state index in [1.807, 2.05) is 12.1 Å². The Morgan fingerprint density at radius 2 is 2.00 bits per heavy atom. The van der Waals surface area contributed by atoms with E-state index in [1.54, 1.807) is 6.07 Å². The Kier molecular flexibility index (Phi) is 5.08. The Balaban J connectivity index is 1.88. The third-order valence-electron chi connectivity index (χ3n) is 3.57. The molecule has 0 atom stereocenters. The van der Waals surface area contributed by atoms with Crippen molar-refractivity contribution in [2.24, 2.45) is 5.92 Å². The van der Waals surface area contributed by atoms with E-state index in [0.29, 0.717) is 10.9 Å². The molecule has 5 heteroatoms. The van der Waals surface area contributed by atoms with Crippen LogP contribution in [0.25, 0.3) is 0 Å². The number of piperidine rings is 1. The van der Waals surface area contributed by atoms with Crippen molar-refractivity contribution in [2.45, 2.75) is 25.8 Å². The molecule has 0 aromatic heterocycles. The molecule has 1 saturated heterocycles. The summed E-state index contributed by atoms with van der Waals surface area (Å²) in [6.07, 6.45) is 2.15. The van der Waals surface area contributed by atoms with Crippen LogP contribution in [0.1, 0.15) is 24.8 Å². The molecule has 0 saturated carbocycles. The van der Waals surface area contributed by atoms with E-state index >= 15 is 0 Å². The lowest BCUT2D eigenvalue weighted by Gasteiger charge is -2.31. The number of carbonyl (C=O) groups is 1. The number of nitrogens with zero attached hydrogens (tertiary/aromatic N) is 1. The molecule has 3 nitrogen and oxygen atoms in total. The first-order valence-electron chi connectivity index (χ1n) is 6.42. The molecular weight excluding hydrogens is 285 g/mol. The molecule has 0 bridgehead atoms. The molecule has 1 aliphatic heterocycles. The average Bonchev–Trinajstić information content (AvgIpc) is 2.35. The molecule has 104 valence electrons. The maximum atomic E-state index is 10.7. The summed E-state index contributed by atoms with van der Waals surface area (Å²) in [6, 6.07) is 5.50. The van der Waals surface area contributed by atoms with Gasteiger partial charge in [-0.1, -0.05) is 23.2 Å². The van der Waals surface area contributed by atoms with Crippen molar-refractivity contribution in [2.75, 3.05) is 13.1 Å². The van der Waals surface area contributed by atoms with Crippen molar-refractivity contribution >= 4 is 29.2 Å². The van der Waals surface area contributed by atoms with Crippen LogP contribution in [0.15, 0.2) is 18.2 Å². The molecule has 1 aromatic rings. The zero-order valence-corrected chi connectivity index (χ0v) is 12.1. The van der Waals surface area contributed by atoms with Crippen LogP contribution in [0.2, 0.25) is 10.0 Å². The maximum Gasteiger partial charge on any atom is 0.303 e. The van der Waals surface area contributed by atoms with Gasteiger partial charge in [0.1, 0.15) is 0 Å². The summed E-state index contributed by atoms with van der Waals surface area (Å²) in [7, 11) is 0. The van der Waals surface area contributed by atoms with Crippen molar-refractivity contribution in [3.63, 3.8) is 0 Å². The molecule has 1 heterocycles. The molecule has 2 rings (SSSR count). The van der Waals surface area contributed by atoms with Crippen molar-refractivity contribution in [1.29, 1.82) is 0 Å². The van der Waals surface area contributed by atoms with Gasteiger partial charge in [-0.05, 0) is 55.6 Å². The smallest absolute Gasteiger partial charge is 0.303 e. The molecule has 1 aromatic carbocycles. The van der Waals surface area contributed by atoms with E-state index < -0.39 is 5.97 Å². The quantitative estimate of drug-likeness (QED) is 0.922. The van der Waals surface area contributed by atoms with Crippen LogP contribution in [0.5, 0.6) is 0 Å². The Hall–Kier alpha value is -0.770. The van der Waals surface area contributed by atoms with E-state index in [-0.39, 0.29) is 6.42 Å². The molecule has 0 aliphatic carbocycles. The predicted molar refractivity (Wildman–Crippen MR) is 76.7 cm³/mol. The topological polar surface area (TPSA) is 40.5 Å². The fourth-order valence-corrected chi connectivity index (χ4v) is 2.87. The van der Waals surface area contributed by atoms with Crippen molar-refractivity contribution in [3.05, 3.63) is 33.8 Å². The largest absolute Gasteiger partial charge is 0.481 e. The second kappa shape index (κ2) is 6.60. The standard InChI is InChI=1S/C14H17Cl2NO2/c15-12-1-2-13(16)11(8-12)9-17-5-3-10(4-6-17)7-14(18)19/h1-2,8,10H,3-7,9H2,(H,18,19). The first kappa shape index (κ1) is 14.6. The highest BCUT2D eigenvalue weighted by Gasteiger charge is 2.21. The van der Waals surface area contributed by atoms with E-state index in [9.17, 15) is 4.79 Å². The van der Waals surface area contributed by atoms with E-state index in [2.05, 4.69) is 4.90 Å². The minimum atomic E-state index is -0.698. The van der Waals surface area contributed by atoms with Crippen LogP contribution < -0.4 is 0 Å². The SMILES string of the molecule is O=C(O)CC1CCN(Cc2cc(Cl)ccc2Cl)CC1. The second-order valence-corrected chi connectivity index (χ2v) is 5.90. The van der Waals surface area contributed by atoms with Gasteiger partial charge in [0.2, 0.25) is 0 Å². The lowest BCUT2D eigenvalue weighted by atomic mass is 9.93. The number of halogens is 2.